The van der Waals surface area contributed by atoms with Crippen molar-refractivity contribution in [2.45, 2.75) is 33.1 Å². The number of nitrogens with one attached hydrogen (secondary N) is 1. The second-order valence-electron chi connectivity index (χ2n) is 7.19. The minimum Gasteiger partial charge on any atom is -0.294 e. The Balaban J connectivity index is 1.76. The molecule has 0 atom stereocenters. The summed E-state index contributed by atoms with van der Waals surface area (Å²) >= 11 is 3.42. The number of halogens is 1. The first-order chi connectivity index (χ1) is 12.3. The molecule has 26 heavy (non-hydrogen) atoms. The van der Waals surface area contributed by atoms with Gasteiger partial charge in [0.05, 0.1) is 11.9 Å². The second-order valence-corrected chi connectivity index (χ2v) is 8.11. The molecule has 5 nitrogen and oxygen atoms in total. The van der Waals surface area contributed by atoms with Crippen molar-refractivity contribution in [2.24, 2.45) is 5.10 Å². The standard InChI is InChI=1S/C20H21BrN4O/c1-13-18(25-12-16(21)9-10-17(25)23-13)19(26)24-22-11-14-5-7-15(8-6-14)20(2,3)4/h5-12H,1-4H3,(H,24,26)/b22-11-. The van der Waals surface area contributed by atoms with Crippen molar-refractivity contribution in [1.82, 2.24) is 14.8 Å². The molecule has 2 heterocycles. The quantitative estimate of drug-likeness (QED) is 0.509. The molecule has 0 bridgehead atoms. The molecule has 0 unspecified atom stereocenters. The predicted molar refractivity (Wildman–Crippen MR) is 108 cm³/mol. The molecule has 2 aromatic heterocycles. The number of nitrogens with zero attached hydrogens (tertiary/aromatic N) is 3. The molecule has 0 radical (unpaired) electrons. The summed E-state index contributed by atoms with van der Waals surface area (Å²) in [6.07, 6.45) is 3.46. The van der Waals surface area contributed by atoms with Crippen LogP contribution < -0.4 is 5.43 Å². The highest BCUT2D eigenvalue weighted by atomic mass is 79.9. The van der Waals surface area contributed by atoms with E-state index in [0.29, 0.717) is 11.4 Å². The molecule has 0 saturated carbocycles. The normalized spacial score (nSPS) is 12.0. The number of aromatic nitrogens is 2. The summed E-state index contributed by atoms with van der Waals surface area (Å²) in [5.74, 6) is -0.296. The number of imidazole rings is 1. The fourth-order valence-electron chi connectivity index (χ4n) is 2.70. The summed E-state index contributed by atoms with van der Waals surface area (Å²) in [5.41, 5.74) is 6.73. The predicted octanol–water partition coefficient (Wildman–Crippen LogP) is 4.47. The molecule has 3 rings (SSSR count). The van der Waals surface area contributed by atoms with Gasteiger partial charge in [-0.3, -0.25) is 9.20 Å². The van der Waals surface area contributed by atoms with Gasteiger partial charge in [-0.1, -0.05) is 45.0 Å². The lowest BCUT2D eigenvalue weighted by atomic mass is 9.87. The molecule has 0 aliphatic rings. The molecule has 134 valence electrons. The van der Waals surface area contributed by atoms with Crippen molar-refractivity contribution in [3.8, 4) is 0 Å². The lowest BCUT2D eigenvalue weighted by Gasteiger charge is -2.18. The fourth-order valence-corrected chi connectivity index (χ4v) is 3.03. The summed E-state index contributed by atoms with van der Waals surface area (Å²) in [7, 11) is 0. The zero-order valence-electron chi connectivity index (χ0n) is 15.2. The van der Waals surface area contributed by atoms with Gasteiger partial charge in [0, 0.05) is 10.7 Å². The van der Waals surface area contributed by atoms with Crippen LogP contribution in [0, 0.1) is 6.92 Å². The van der Waals surface area contributed by atoms with Gasteiger partial charge in [0.1, 0.15) is 11.3 Å². The minimum absolute atomic E-state index is 0.110. The Morgan fingerprint density at radius 1 is 1.19 bits per heavy atom. The Bertz CT molecular complexity index is 981. The largest absolute Gasteiger partial charge is 0.294 e. The fraction of sp³-hybridized carbons (Fsp3) is 0.250. The van der Waals surface area contributed by atoms with Gasteiger partial charge in [-0.2, -0.15) is 5.10 Å². The molecule has 3 aromatic rings. The van der Waals surface area contributed by atoms with Crippen molar-refractivity contribution in [2.75, 3.05) is 0 Å². The molecule has 0 saturated heterocycles. The van der Waals surface area contributed by atoms with Gasteiger partial charge >= 0.3 is 0 Å². The van der Waals surface area contributed by atoms with Crippen LogP contribution in [0.4, 0.5) is 0 Å². The summed E-state index contributed by atoms with van der Waals surface area (Å²) in [5, 5.41) is 4.08. The number of hydrazone groups is 1. The molecule has 0 aliphatic heterocycles. The number of fused-ring (bicyclic) bond motifs is 1. The first-order valence-electron chi connectivity index (χ1n) is 8.34. The van der Waals surface area contributed by atoms with Crippen molar-refractivity contribution in [1.29, 1.82) is 0 Å². The Morgan fingerprint density at radius 3 is 2.54 bits per heavy atom. The molecule has 1 N–H and O–H groups in total. The van der Waals surface area contributed by atoms with Crippen LogP contribution in [0.25, 0.3) is 5.65 Å². The van der Waals surface area contributed by atoms with Gasteiger partial charge in [0.2, 0.25) is 0 Å². The zero-order valence-corrected chi connectivity index (χ0v) is 16.8. The summed E-state index contributed by atoms with van der Waals surface area (Å²) in [6.45, 7) is 8.33. The minimum atomic E-state index is -0.296. The molecule has 0 spiro atoms. The van der Waals surface area contributed by atoms with E-state index in [-0.39, 0.29) is 11.3 Å². The van der Waals surface area contributed by atoms with E-state index in [1.165, 1.54) is 5.56 Å². The summed E-state index contributed by atoms with van der Waals surface area (Å²) in [6, 6.07) is 11.9. The van der Waals surface area contributed by atoms with Crippen LogP contribution in [0.3, 0.4) is 0 Å². The van der Waals surface area contributed by atoms with Gasteiger partial charge in [0.25, 0.3) is 5.91 Å². The number of aryl methyl sites for hydroxylation is 1. The van der Waals surface area contributed by atoms with E-state index < -0.39 is 0 Å². The van der Waals surface area contributed by atoms with Crippen LogP contribution in [0.5, 0.6) is 0 Å². The monoisotopic (exact) mass is 412 g/mol. The van der Waals surface area contributed by atoms with Crippen molar-refractivity contribution in [3.05, 3.63) is 69.6 Å². The van der Waals surface area contributed by atoms with Gasteiger partial charge in [0.15, 0.2) is 0 Å². The number of hydrogen-bond acceptors (Lipinski definition) is 3. The van der Waals surface area contributed by atoms with Crippen LogP contribution in [-0.4, -0.2) is 21.5 Å². The SMILES string of the molecule is Cc1nc2ccc(Br)cn2c1C(=O)N/N=C\c1ccc(C(C)(C)C)cc1. The lowest BCUT2D eigenvalue weighted by molar-refractivity contribution is 0.0948. The number of benzene rings is 1. The van der Waals surface area contributed by atoms with Crippen LogP contribution in [0.2, 0.25) is 0 Å². The third-order valence-electron chi connectivity index (χ3n) is 4.13. The number of carbonyl (C=O) groups excluding carboxylic acids is 1. The highest BCUT2D eigenvalue weighted by molar-refractivity contribution is 9.10. The maximum Gasteiger partial charge on any atom is 0.290 e. The third kappa shape index (κ3) is 3.85. The first-order valence-corrected chi connectivity index (χ1v) is 9.13. The van der Waals surface area contributed by atoms with E-state index in [1.807, 2.05) is 37.4 Å². The molecule has 6 heteroatoms. The second kappa shape index (κ2) is 7.03. The average Bonchev–Trinajstić information content (AvgIpc) is 2.89. The smallest absolute Gasteiger partial charge is 0.290 e. The van der Waals surface area contributed by atoms with E-state index in [2.05, 4.69) is 64.3 Å². The van der Waals surface area contributed by atoms with Crippen LogP contribution in [0.15, 0.2) is 52.2 Å². The van der Waals surface area contributed by atoms with E-state index in [0.717, 1.165) is 15.7 Å². The Morgan fingerprint density at radius 2 is 1.88 bits per heavy atom. The topological polar surface area (TPSA) is 58.8 Å². The zero-order chi connectivity index (χ0) is 18.9. The number of carbonyl (C=O) groups is 1. The maximum absolute atomic E-state index is 12.5. The van der Waals surface area contributed by atoms with Gasteiger partial charge in [-0.05, 0) is 51.5 Å². The lowest BCUT2D eigenvalue weighted by Crippen LogP contribution is -2.20. The van der Waals surface area contributed by atoms with E-state index in [9.17, 15) is 4.79 Å². The van der Waals surface area contributed by atoms with Crippen molar-refractivity contribution < 1.29 is 4.79 Å². The van der Waals surface area contributed by atoms with Crippen molar-refractivity contribution in [3.63, 3.8) is 0 Å². The van der Waals surface area contributed by atoms with Crippen LogP contribution >= 0.6 is 15.9 Å². The summed E-state index contributed by atoms with van der Waals surface area (Å²) in [4.78, 5) is 16.9. The maximum atomic E-state index is 12.5. The van der Waals surface area contributed by atoms with Crippen LogP contribution in [-0.2, 0) is 5.41 Å². The first kappa shape index (κ1) is 18.3. The summed E-state index contributed by atoms with van der Waals surface area (Å²) < 4.78 is 2.63. The molecule has 1 amide bonds. The molecule has 1 aromatic carbocycles. The molecule has 0 fully saturated rings. The van der Waals surface area contributed by atoms with Crippen LogP contribution in [0.1, 0.15) is 48.1 Å². The molecular formula is C20H21BrN4O. The Kier molecular flexibility index (Phi) is 4.96. The van der Waals surface area contributed by atoms with Gasteiger partial charge in [-0.15, -0.1) is 0 Å². The third-order valence-corrected chi connectivity index (χ3v) is 4.60. The average molecular weight is 413 g/mol. The van der Waals surface area contributed by atoms with E-state index >= 15 is 0 Å². The van der Waals surface area contributed by atoms with Crippen molar-refractivity contribution >= 4 is 33.7 Å². The molecule has 0 aliphatic carbocycles. The Hall–Kier alpha value is -2.47. The Labute approximate surface area is 161 Å². The number of hydrogen-bond donors (Lipinski definition) is 1. The van der Waals surface area contributed by atoms with Gasteiger partial charge < -0.3 is 0 Å². The highest BCUT2D eigenvalue weighted by Crippen LogP contribution is 2.21. The highest BCUT2D eigenvalue weighted by Gasteiger charge is 2.16. The number of amides is 1. The number of rotatable bonds is 3. The van der Waals surface area contributed by atoms with E-state index in [1.54, 1.807) is 10.6 Å². The van der Waals surface area contributed by atoms with E-state index in [4.69, 9.17) is 0 Å². The number of pyridine rings is 1. The van der Waals surface area contributed by atoms with Gasteiger partial charge in [-0.25, -0.2) is 10.4 Å². The molecular weight excluding hydrogens is 392 g/mol.